The maximum absolute atomic E-state index is 12.5. The number of carbonyl (C=O) groups excluding carboxylic acids is 1. The van der Waals surface area contributed by atoms with Gasteiger partial charge in [0, 0.05) is 42.6 Å². The Hall–Kier alpha value is -1.85. The average molecular weight is 333 g/mol. The third-order valence-corrected chi connectivity index (χ3v) is 4.47. The van der Waals surface area contributed by atoms with Crippen LogP contribution in [0.5, 0.6) is 0 Å². The van der Waals surface area contributed by atoms with E-state index in [0.717, 1.165) is 36.5 Å². The van der Waals surface area contributed by atoms with Gasteiger partial charge >= 0.3 is 0 Å². The minimum absolute atomic E-state index is 0.0306. The normalized spacial score (nSPS) is 17.1. The van der Waals surface area contributed by atoms with E-state index >= 15 is 0 Å². The first kappa shape index (κ1) is 16.0. The zero-order valence-corrected chi connectivity index (χ0v) is 14.2. The van der Waals surface area contributed by atoms with Gasteiger partial charge in [0.15, 0.2) is 0 Å². The second-order valence-corrected chi connectivity index (χ2v) is 6.67. The molecule has 1 aromatic heterocycles. The van der Waals surface area contributed by atoms with Crippen LogP contribution in [0.25, 0.3) is 0 Å². The first-order valence-electron chi connectivity index (χ1n) is 7.77. The number of rotatable bonds is 4. The van der Waals surface area contributed by atoms with Gasteiger partial charge in [-0.15, -0.1) is 0 Å². The molecule has 1 aromatic carbocycles. The van der Waals surface area contributed by atoms with E-state index in [1.807, 2.05) is 38.5 Å². The summed E-state index contributed by atoms with van der Waals surface area (Å²) in [6, 6.07) is 5.70. The van der Waals surface area contributed by atoms with E-state index in [2.05, 4.69) is 19.8 Å². The van der Waals surface area contributed by atoms with Crippen LogP contribution < -0.4 is 5.32 Å². The van der Waals surface area contributed by atoms with Gasteiger partial charge in [0.2, 0.25) is 5.91 Å². The predicted octanol–water partition coefficient (Wildman–Crippen LogP) is 2.80. The largest absolute Gasteiger partial charge is 0.334 e. The lowest BCUT2D eigenvalue weighted by Gasteiger charge is -2.23. The first-order valence-corrected chi connectivity index (χ1v) is 8.15. The molecule has 0 spiro atoms. The second kappa shape index (κ2) is 6.72. The molecular formula is C17H21ClN4O. The third-order valence-electron chi connectivity index (χ3n) is 4.11. The molecule has 0 fully saturated rings. The Kier molecular flexibility index (Phi) is 4.68. The zero-order chi connectivity index (χ0) is 16.4. The second-order valence-electron chi connectivity index (χ2n) is 6.26. The van der Waals surface area contributed by atoms with Gasteiger partial charge in [-0.1, -0.05) is 17.7 Å². The van der Waals surface area contributed by atoms with Crippen molar-refractivity contribution in [2.75, 3.05) is 19.4 Å². The van der Waals surface area contributed by atoms with Gasteiger partial charge in [0.1, 0.15) is 5.82 Å². The minimum atomic E-state index is -0.0306. The van der Waals surface area contributed by atoms with E-state index in [1.54, 1.807) is 6.20 Å². The van der Waals surface area contributed by atoms with E-state index in [0.29, 0.717) is 11.6 Å². The van der Waals surface area contributed by atoms with Gasteiger partial charge in [-0.3, -0.25) is 4.79 Å². The summed E-state index contributed by atoms with van der Waals surface area (Å²) in [4.78, 5) is 18.8. The smallest absolute Gasteiger partial charge is 0.229 e. The molecule has 1 N–H and O–H groups in total. The molecule has 1 aliphatic heterocycles. The summed E-state index contributed by atoms with van der Waals surface area (Å²) in [6.45, 7) is 1.46. The van der Waals surface area contributed by atoms with Crippen molar-refractivity contribution in [2.24, 2.45) is 5.92 Å². The Bertz CT molecular complexity index is 710. The minimum Gasteiger partial charge on any atom is -0.334 e. The van der Waals surface area contributed by atoms with E-state index < -0.39 is 0 Å². The van der Waals surface area contributed by atoms with Crippen molar-refractivity contribution in [3.8, 4) is 0 Å². The molecule has 23 heavy (non-hydrogen) atoms. The molecule has 1 aliphatic rings. The maximum Gasteiger partial charge on any atom is 0.229 e. The molecule has 1 atom stereocenters. The standard InChI is InChI=1S/C17H21ClN4O/c1-21(2)10-12-3-5-14(9-15(12)18)20-17(23)13-4-6-16-19-7-8-22(16)11-13/h3,5,7-9,13H,4,6,10-11H2,1-2H3,(H,20,23). The lowest BCUT2D eigenvalue weighted by molar-refractivity contribution is -0.120. The molecule has 0 aliphatic carbocycles. The number of nitrogens with zero attached hydrogens (tertiary/aromatic N) is 3. The molecule has 122 valence electrons. The zero-order valence-electron chi connectivity index (χ0n) is 13.4. The predicted molar refractivity (Wildman–Crippen MR) is 91.5 cm³/mol. The van der Waals surface area contributed by atoms with Gasteiger partial charge < -0.3 is 14.8 Å². The molecule has 0 bridgehead atoms. The summed E-state index contributed by atoms with van der Waals surface area (Å²) in [7, 11) is 4.00. The van der Waals surface area contributed by atoms with Crippen molar-refractivity contribution in [3.63, 3.8) is 0 Å². The Morgan fingerprint density at radius 3 is 3.04 bits per heavy atom. The summed E-state index contributed by atoms with van der Waals surface area (Å²) in [5.74, 6) is 1.07. The molecule has 3 rings (SSSR count). The molecular weight excluding hydrogens is 312 g/mol. The Morgan fingerprint density at radius 2 is 2.30 bits per heavy atom. The van der Waals surface area contributed by atoms with Crippen LogP contribution in [0.15, 0.2) is 30.6 Å². The summed E-state index contributed by atoms with van der Waals surface area (Å²) >= 11 is 6.30. The van der Waals surface area contributed by atoms with Crippen molar-refractivity contribution in [3.05, 3.63) is 47.0 Å². The number of aromatic nitrogens is 2. The molecule has 0 saturated heterocycles. The highest BCUT2D eigenvalue weighted by Crippen LogP contribution is 2.24. The van der Waals surface area contributed by atoms with E-state index in [9.17, 15) is 4.79 Å². The number of carbonyl (C=O) groups is 1. The van der Waals surface area contributed by atoms with Gasteiger partial charge in [-0.05, 0) is 38.2 Å². The monoisotopic (exact) mass is 332 g/mol. The number of amides is 1. The fourth-order valence-corrected chi connectivity index (χ4v) is 3.16. The lowest BCUT2D eigenvalue weighted by atomic mass is 9.98. The molecule has 1 amide bonds. The molecule has 5 nitrogen and oxygen atoms in total. The fraction of sp³-hybridized carbons (Fsp3) is 0.412. The van der Waals surface area contributed by atoms with Crippen molar-refractivity contribution >= 4 is 23.2 Å². The van der Waals surface area contributed by atoms with E-state index in [1.165, 1.54) is 0 Å². The van der Waals surface area contributed by atoms with E-state index in [4.69, 9.17) is 11.6 Å². The number of halogens is 1. The number of fused-ring (bicyclic) bond motifs is 1. The van der Waals surface area contributed by atoms with Crippen LogP contribution in [-0.4, -0.2) is 34.5 Å². The van der Waals surface area contributed by atoms with Crippen LogP contribution in [0.4, 0.5) is 5.69 Å². The molecule has 6 heteroatoms. The molecule has 2 heterocycles. The molecule has 0 saturated carbocycles. The number of imidazole rings is 1. The fourth-order valence-electron chi connectivity index (χ4n) is 2.92. The number of anilines is 1. The molecule has 0 radical (unpaired) electrons. The Morgan fingerprint density at radius 1 is 1.48 bits per heavy atom. The van der Waals surface area contributed by atoms with Gasteiger partial charge in [-0.25, -0.2) is 4.98 Å². The van der Waals surface area contributed by atoms with Crippen LogP contribution in [0, 0.1) is 5.92 Å². The Balaban J connectivity index is 1.65. The Labute approximate surface area is 141 Å². The first-order chi connectivity index (χ1) is 11.0. The van der Waals surface area contributed by atoms with Gasteiger partial charge in [-0.2, -0.15) is 0 Å². The van der Waals surface area contributed by atoms with Gasteiger partial charge in [0.05, 0.1) is 5.92 Å². The van der Waals surface area contributed by atoms with Crippen molar-refractivity contribution in [1.29, 1.82) is 0 Å². The van der Waals surface area contributed by atoms with Crippen molar-refractivity contribution in [1.82, 2.24) is 14.5 Å². The van der Waals surface area contributed by atoms with Crippen molar-refractivity contribution in [2.45, 2.75) is 25.9 Å². The topological polar surface area (TPSA) is 50.2 Å². The summed E-state index contributed by atoms with van der Waals surface area (Å²) < 4.78 is 2.06. The maximum atomic E-state index is 12.5. The van der Waals surface area contributed by atoms with Gasteiger partial charge in [0.25, 0.3) is 0 Å². The highest BCUT2D eigenvalue weighted by molar-refractivity contribution is 6.31. The molecule has 1 unspecified atom stereocenters. The third kappa shape index (κ3) is 3.74. The number of hydrogen-bond acceptors (Lipinski definition) is 3. The van der Waals surface area contributed by atoms with Crippen LogP contribution in [0.3, 0.4) is 0 Å². The highest BCUT2D eigenvalue weighted by Gasteiger charge is 2.25. The van der Waals surface area contributed by atoms with Crippen LogP contribution in [0.1, 0.15) is 17.8 Å². The van der Waals surface area contributed by atoms with Crippen LogP contribution in [0.2, 0.25) is 5.02 Å². The lowest BCUT2D eigenvalue weighted by Crippen LogP contribution is -2.31. The molecule has 2 aromatic rings. The highest BCUT2D eigenvalue weighted by atomic mass is 35.5. The van der Waals surface area contributed by atoms with E-state index in [-0.39, 0.29) is 11.8 Å². The van der Waals surface area contributed by atoms with Crippen molar-refractivity contribution < 1.29 is 4.79 Å². The number of aryl methyl sites for hydroxylation is 1. The average Bonchev–Trinajstić information content (AvgIpc) is 2.97. The summed E-state index contributed by atoms with van der Waals surface area (Å²) in [5.41, 5.74) is 1.80. The number of hydrogen-bond donors (Lipinski definition) is 1. The quantitative estimate of drug-likeness (QED) is 0.936. The van der Waals surface area contributed by atoms with Crippen LogP contribution in [-0.2, 0) is 24.3 Å². The number of nitrogens with one attached hydrogen (secondary N) is 1. The SMILES string of the molecule is CN(C)Cc1ccc(NC(=O)C2CCc3nccn3C2)cc1Cl. The number of benzene rings is 1. The summed E-state index contributed by atoms with van der Waals surface area (Å²) in [6.07, 6.45) is 5.39. The van der Waals surface area contributed by atoms with Crippen LogP contribution >= 0.6 is 11.6 Å². The summed E-state index contributed by atoms with van der Waals surface area (Å²) in [5, 5.41) is 3.66.